The van der Waals surface area contributed by atoms with Crippen LogP contribution in [-0.2, 0) is 19.2 Å². The van der Waals surface area contributed by atoms with Crippen molar-refractivity contribution in [1.82, 2.24) is 15.5 Å². The van der Waals surface area contributed by atoms with Crippen LogP contribution < -0.4 is 16.4 Å². The number of carboxylic acids is 1. The number of amides is 3. The Labute approximate surface area is 147 Å². The van der Waals surface area contributed by atoms with Crippen LogP contribution in [0, 0.1) is 5.92 Å². The number of carbonyl (C=O) groups excluding carboxylic acids is 3. The second-order valence-corrected chi connectivity index (χ2v) is 6.78. The van der Waals surface area contributed by atoms with Crippen LogP contribution in [0.2, 0.25) is 0 Å². The first-order valence-corrected chi connectivity index (χ1v) is 8.45. The van der Waals surface area contributed by atoms with Crippen molar-refractivity contribution >= 4 is 23.7 Å². The fourth-order valence-corrected chi connectivity index (χ4v) is 2.65. The summed E-state index contributed by atoms with van der Waals surface area (Å²) in [7, 11) is 0. The van der Waals surface area contributed by atoms with E-state index in [0.29, 0.717) is 19.4 Å². The fraction of sp³-hybridized carbons (Fsp3) is 0.750. The maximum absolute atomic E-state index is 12.9. The molecule has 0 spiro atoms. The van der Waals surface area contributed by atoms with Crippen molar-refractivity contribution in [3.8, 4) is 0 Å². The van der Waals surface area contributed by atoms with Gasteiger partial charge in [-0.05, 0) is 32.6 Å². The average molecular weight is 356 g/mol. The molecule has 3 amide bonds. The van der Waals surface area contributed by atoms with Crippen molar-refractivity contribution in [3.05, 3.63) is 0 Å². The van der Waals surface area contributed by atoms with Crippen LogP contribution in [-0.4, -0.2) is 64.4 Å². The lowest BCUT2D eigenvalue weighted by Gasteiger charge is -2.31. The Balaban J connectivity index is 2.87. The third-order valence-corrected chi connectivity index (χ3v) is 4.21. The normalized spacial score (nSPS) is 20.7. The van der Waals surface area contributed by atoms with Gasteiger partial charge in [0.15, 0.2) is 0 Å². The molecule has 142 valence electrons. The highest BCUT2D eigenvalue weighted by Gasteiger charge is 2.39. The van der Waals surface area contributed by atoms with Gasteiger partial charge in [0, 0.05) is 6.54 Å². The summed E-state index contributed by atoms with van der Waals surface area (Å²) < 4.78 is 0. The van der Waals surface area contributed by atoms with Crippen molar-refractivity contribution < 1.29 is 24.3 Å². The second-order valence-electron chi connectivity index (χ2n) is 6.78. The Bertz CT molecular complexity index is 535. The number of hydrogen-bond donors (Lipinski definition) is 4. The first-order valence-electron chi connectivity index (χ1n) is 8.45. The predicted molar refractivity (Wildman–Crippen MR) is 90.4 cm³/mol. The fourth-order valence-electron chi connectivity index (χ4n) is 2.65. The van der Waals surface area contributed by atoms with Gasteiger partial charge < -0.3 is 26.4 Å². The molecule has 1 saturated heterocycles. The summed E-state index contributed by atoms with van der Waals surface area (Å²) in [5.74, 6) is -2.62. The SMILES string of the molecule is CC(C)[C@H](NC(=O)[C@H](C)N)C(=O)N1CCC[C@H]1C(=O)N[C@@H](C)C(=O)O. The van der Waals surface area contributed by atoms with Crippen LogP contribution in [0.5, 0.6) is 0 Å². The number of nitrogens with one attached hydrogen (secondary N) is 2. The topological polar surface area (TPSA) is 142 Å². The summed E-state index contributed by atoms with van der Waals surface area (Å²) in [6.07, 6.45) is 1.09. The Kier molecular flexibility index (Phi) is 7.35. The van der Waals surface area contributed by atoms with Crippen LogP contribution >= 0.6 is 0 Å². The van der Waals surface area contributed by atoms with Crippen molar-refractivity contribution in [2.24, 2.45) is 11.7 Å². The van der Waals surface area contributed by atoms with E-state index in [2.05, 4.69) is 10.6 Å². The lowest BCUT2D eigenvalue weighted by molar-refractivity contribution is -0.145. The van der Waals surface area contributed by atoms with E-state index in [-0.39, 0.29) is 11.8 Å². The summed E-state index contributed by atoms with van der Waals surface area (Å²) in [6.45, 7) is 6.86. The molecule has 1 aliphatic heterocycles. The standard InChI is InChI=1S/C16H28N4O5/c1-8(2)12(19-13(21)9(3)17)15(23)20-7-5-6-11(20)14(22)18-10(4)16(24)25/h8-12H,5-7,17H2,1-4H3,(H,18,22)(H,19,21)(H,24,25)/t9-,10-,11-,12-/m0/s1. The molecule has 0 aliphatic carbocycles. The molecule has 0 bridgehead atoms. The molecule has 9 heteroatoms. The molecule has 1 heterocycles. The zero-order valence-corrected chi connectivity index (χ0v) is 15.1. The molecule has 0 aromatic carbocycles. The first-order chi connectivity index (χ1) is 11.6. The van der Waals surface area contributed by atoms with Crippen molar-refractivity contribution in [2.75, 3.05) is 6.54 Å². The molecule has 0 aromatic heterocycles. The molecule has 5 N–H and O–H groups in total. The molecule has 4 atom stereocenters. The van der Waals surface area contributed by atoms with Gasteiger partial charge >= 0.3 is 5.97 Å². The van der Waals surface area contributed by atoms with E-state index in [1.165, 1.54) is 18.7 Å². The summed E-state index contributed by atoms with van der Waals surface area (Å²) in [4.78, 5) is 49.3. The van der Waals surface area contributed by atoms with E-state index in [4.69, 9.17) is 10.8 Å². The maximum Gasteiger partial charge on any atom is 0.325 e. The number of rotatable bonds is 7. The van der Waals surface area contributed by atoms with Gasteiger partial charge in [0.25, 0.3) is 0 Å². The number of carboxylic acid groups (broad SMARTS) is 1. The third kappa shape index (κ3) is 5.42. The van der Waals surface area contributed by atoms with Gasteiger partial charge in [-0.15, -0.1) is 0 Å². The van der Waals surface area contributed by atoms with E-state index < -0.39 is 42.0 Å². The van der Waals surface area contributed by atoms with Gasteiger partial charge in [-0.1, -0.05) is 13.8 Å². The first kappa shape index (κ1) is 20.9. The molecule has 1 aliphatic rings. The predicted octanol–water partition coefficient (Wildman–Crippen LogP) is -0.945. The van der Waals surface area contributed by atoms with E-state index in [0.717, 1.165) is 0 Å². The number of carbonyl (C=O) groups is 4. The monoisotopic (exact) mass is 356 g/mol. The Morgan fingerprint density at radius 3 is 2.20 bits per heavy atom. The Hall–Kier alpha value is -2.16. The molecular weight excluding hydrogens is 328 g/mol. The van der Waals surface area contributed by atoms with E-state index in [1.54, 1.807) is 13.8 Å². The number of nitrogens with zero attached hydrogens (tertiary/aromatic N) is 1. The second kappa shape index (κ2) is 8.80. The zero-order valence-electron chi connectivity index (χ0n) is 15.1. The number of hydrogen-bond acceptors (Lipinski definition) is 5. The van der Waals surface area contributed by atoms with Gasteiger partial charge in [-0.2, -0.15) is 0 Å². The molecule has 0 unspecified atom stereocenters. The Morgan fingerprint density at radius 2 is 1.72 bits per heavy atom. The van der Waals surface area contributed by atoms with Crippen LogP contribution in [0.4, 0.5) is 0 Å². The van der Waals surface area contributed by atoms with Crippen LogP contribution in [0.25, 0.3) is 0 Å². The molecular formula is C16H28N4O5. The highest BCUT2D eigenvalue weighted by molar-refractivity contribution is 5.94. The van der Waals surface area contributed by atoms with Crippen molar-refractivity contribution in [1.29, 1.82) is 0 Å². The Morgan fingerprint density at radius 1 is 1.12 bits per heavy atom. The minimum atomic E-state index is -1.14. The maximum atomic E-state index is 12.9. The summed E-state index contributed by atoms with van der Waals surface area (Å²) in [6, 6.07) is -3.31. The minimum Gasteiger partial charge on any atom is -0.480 e. The number of likely N-dealkylation sites (tertiary alicyclic amines) is 1. The number of nitrogens with two attached hydrogens (primary N) is 1. The smallest absolute Gasteiger partial charge is 0.325 e. The van der Waals surface area contributed by atoms with Gasteiger partial charge in [0.1, 0.15) is 18.1 Å². The molecule has 0 radical (unpaired) electrons. The highest BCUT2D eigenvalue weighted by Crippen LogP contribution is 2.20. The molecule has 9 nitrogen and oxygen atoms in total. The lowest BCUT2D eigenvalue weighted by atomic mass is 10.0. The van der Waals surface area contributed by atoms with Gasteiger partial charge in [-0.25, -0.2) is 0 Å². The average Bonchev–Trinajstić information content (AvgIpc) is 3.00. The third-order valence-electron chi connectivity index (χ3n) is 4.21. The van der Waals surface area contributed by atoms with Crippen molar-refractivity contribution in [2.45, 2.75) is 64.7 Å². The molecule has 0 saturated carbocycles. The van der Waals surface area contributed by atoms with E-state index in [1.807, 2.05) is 0 Å². The molecule has 1 rings (SSSR count). The molecule has 1 fully saturated rings. The lowest BCUT2D eigenvalue weighted by Crippen LogP contribution is -2.57. The zero-order chi connectivity index (χ0) is 19.3. The van der Waals surface area contributed by atoms with E-state index >= 15 is 0 Å². The quantitative estimate of drug-likeness (QED) is 0.463. The van der Waals surface area contributed by atoms with Crippen LogP contribution in [0.1, 0.15) is 40.5 Å². The summed E-state index contributed by atoms with van der Waals surface area (Å²) >= 11 is 0. The highest BCUT2D eigenvalue weighted by atomic mass is 16.4. The largest absolute Gasteiger partial charge is 0.480 e. The van der Waals surface area contributed by atoms with Gasteiger partial charge in [-0.3, -0.25) is 19.2 Å². The van der Waals surface area contributed by atoms with E-state index in [9.17, 15) is 19.2 Å². The van der Waals surface area contributed by atoms with Crippen molar-refractivity contribution in [3.63, 3.8) is 0 Å². The minimum absolute atomic E-state index is 0.183. The molecule has 0 aromatic rings. The van der Waals surface area contributed by atoms with Crippen LogP contribution in [0.15, 0.2) is 0 Å². The summed E-state index contributed by atoms with van der Waals surface area (Å²) in [5, 5.41) is 13.9. The van der Waals surface area contributed by atoms with Crippen LogP contribution in [0.3, 0.4) is 0 Å². The molecule has 25 heavy (non-hydrogen) atoms. The van der Waals surface area contributed by atoms with Gasteiger partial charge in [0.2, 0.25) is 17.7 Å². The number of aliphatic carboxylic acids is 1. The van der Waals surface area contributed by atoms with Gasteiger partial charge in [0.05, 0.1) is 6.04 Å². The summed E-state index contributed by atoms with van der Waals surface area (Å²) in [5.41, 5.74) is 5.54.